The zero-order chi connectivity index (χ0) is 11.9. The Morgan fingerprint density at radius 1 is 1.31 bits per heavy atom. The van der Waals surface area contributed by atoms with Crippen LogP contribution in [0, 0.1) is 17.5 Å². The first-order valence-electron chi connectivity index (χ1n) is 5.04. The van der Waals surface area contributed by atoms with Crippen molar-refractivity contribution in [2.24, 2.45) is 0 Å². The fourth-order valence-electron chi connectivity index (χ4n) is 2.18. The van der Waals surface area contributed by atoms with E-state index < -0.39 is 23.0 Å². The monoisotopic (exact) mass is 293 g/mol. The highest BCUT2D eigenvalue weighted by Crippen LogP contribution is 2.37. The number of benzene rings is 1. The lowest BCUT2D eigenvalue weighted by Crippen LogP contribution is -2.35. The van der Waals surface area contributed by atoms with Gasteiger partial charge in [0.05, 0.1) is 4.47 Å². The molecule has 0 radical (unpaired) electrons. The van der Waals surface area contributed by atoms with Gasteiger partial charge in [0.15, 0.2) is 0 Å². The molecule has 1 aromatic carbocycles. The number of halogens is 4. The first-order chi connectivity index (χ1) is 7.46. The first kappa shape index (κ1) is 11.9. The molecule has 1 atom stereocenters. The molecule has 1 N–H and O–H groups in total. The van der Waals surface area contributed by atoms with Gasteiger partial charge in [-0.2, -0.15) is 0 Å². The van der Waals surface area contributed by atoms with E-state index in [4.69, 9.17) is 0 Å². The van der Waals surface area contributed by atoms with Gasteiger partial charge in [0, 0.05) is 17.2 Å². The molecule has 0 spiro atoms. The highest BCUT2D eigenvalue weighted by atomic mass is 79.9. The van der Waals surface area contributed by atoms with Crippen molar-refractivity contribution in [2.75, 3.05) is 6.54 Å². The van der Waals surface area contributed by atoms with E-state index in [9.17, 15) is 13.2 Å². The third kappa shape index (κ3) is 1.76. The summed E-state index contributed by atoms with van der Waals surface area (Å²) in [6.07, 6.45) is 1.49. The van der Waals surface area contributed by atoms with Gasteiger partial charge in [-0.3, -0.25) is 0 Å². The van der Waals surface area contributed by atoms with Crippen molar-refractivity contribution in [3.8, 4) is 0 Å². The summed E-state index contributed by atoms with van der Waals surface area (Å²) in [7, 11) is 0. The Bertz CT molecular complexity index is 428. The summed E-state index contributed by atoms with van der Waals surface area (Å²) in [4.78, 5) is 0. The van der Waals surface area contributed by atoms with Gasteiger partial charge in [-0.1, -0.05) is 0 Å². The van der Waals surface area contributed by atoms with Crippen LogP contribution in [0.4, 0.5) is 13.2 Å². The molecule has 1 fully saturated rings. The smallest absolute Gasteiger partial charge is 0.148 e. The third-order valence-electron chi connectivity index (χ3n) is 3.03. The van der Waals surface area contributed by atoms with Crippen LogP contribution in [0.15, 0.2) is 10.5 Å². The van der Waals surface area contributed by atoms with E-state index in [0.717, 1.165) is 6.42 Å². The van der Waals surface area contributed by atoms with Crippen molar-refractivity contribution in [2.45, 2.75) is 25.3 Å². The fourth-order valence-corrected chi connectivity index (χ4v) is 2.49. The number of hydrogen-bond acceptors (Lipinski definition) is 1. The van der Waals surface area contributed by atoms with Gasteiger partial charge in [-0.15, -0.1) is 0 Å². The van der Waals surface area contributed by atoms with Gasteiger partial charge in [-0.25, -0.2) is 13.2 Å². The summed E-state index contributed by atoms with van der Waals surface area (Å²) < 4.78 is 40.3. The second-order valence-electron chi connectivity index (χ2n) is 4.21. The van der Waals surface area contributed by atoms with E-state index in [0.29, 0.717) is 19.0 Å². The molecule has 5 heteroatoms. The average Bonchev–Trinajstić information content (AvgIpc) is 2.62. The summed E-state index contributed by atoms with van der Waals surface area (Å²) >= 11 is 2.79. The molecule has 1 aromatic rings. The molecule has 0 bridgehead atoms. The number of rotatable bonds is 1. The molecule has 16 heavy (non-hydrogen) atoms. The summed E-state index contributed by atoms with van der Waals surface area (Å²) in [5.74, 6) is -2.61. The van der Waals surface area contributed by atoms with Gasteiger partial charge in [0.1, 0.15) is 17.5 Å². The van der Waals surface area contributed by atoms with Crippen LogP contribution in [0.1, 0.15) is 25.3 Å². The van der Waals surface area contributed by atoms with Crippen molar-refractivity contribution >= 4 is 15.9 Å². The maximum atomic E-state index is 13.9. The standard InChI is InChI=1S/C11H11BrF3N/c1-11(3-2-4-16-11)8-6(13)5-7(14)9(12)10(8)15/h5,16H,2-4H2,1H3. The predicted octanol–water partition coefficient (Wildman–Crippen LogP) is 3.47. The molecule has 88 valence electrons. The number of hydrogen-bond donors (Lipinski definition) is 1. The second kappa shape index (κ2) is 4.04. The van der Waals surface area contributed by atoms with Crippen LogP contribution in [-0.2, 0) is 5.54 Å². The minimum atomic E-state index is -0.916. The molecule has 1 nitrogen and oxygen atoms in total. The molecule has 0 aromatic heterocycles. The van der Waals surface area contributed by atoms with Gasteiger partial charge >= 0.3 is 0 Å². The Kier molecular flexibility index (Phi) is 3.01. The Morgan fingerprint density at radius 2 is 2.00 bits per heavy atom. The minimum absolute atomic E-state index is 0.0849. The SMILES string of the molecule is CC1(c2c(F)cc(F)c(Br)c2F)CCCN1. The molecule has 0 amide bonds. The molecule has 0 aliphatic carbocycles. The second-order valence-corrected chi connectivity index (χ2v) is 5.00. The summed E-state index contributed by atoms with van der Waals surface area (Å²) in [5, 5.41) is 3.05. The molecule has 0 saturated carbocycles. The van der Waals surface area contributed by atoms with Crippen molar-refractivity contribution in [1.82, 2.24) is 5.32 Å². The zero-order valence-corrected chi connectivity index (χ0v) is 10.3. The van der Waals surface area contributed by atoms with Crippen LogP contribution in [0.25, 0.3) is 0 Å². The van der Waals surface area contributed by atoms with Crippen molar-refractivity contribution in [3.63, 3.8) is 0 Å². The van der Waals surface area contributed by atoms with E-state index in [2.05, 4.69) is 21.2 Å². The lowest BCUT2D eigenvalue weighted by molar-refractivity contribution is 0.380. The summed E-state index contributed by atoms with van der Waals surface area (Å²) in [6, 6.07) is 0.716. The molecule has 1 aliphatic heterocycles. The maximum absolute atomic E-state index is 13.9. The molecule has 1 aliphatic rings. The lowest BCUT2D eigenvalue weighted by atomic mass is 9.89. The van der Waals surface area contributed by atoms with E-state index in [1.165, 1.54) is 0 Å². The zero-order valence-electron chi connectivity index (χ0n) is 8.71. The highest BCUT2D eigenvalue weighted by Gasteiger charge is 2.36. The average molecular weight is 294 g/mol. The Morgan fingerprint density at radius 3 is 2.56 bits per heavy atom. The van der Waals surface area contributed by atoms with E-state index in [-0.39, 0.29) is 10.0 Å². The predicted molar refractivity (Wildman–Crippen MR) is 58.6 cm³/mol. The van der Waals surface area contributed by atoms with Crippen LogP contribution in [0.3, 0.4) is 0 Å². The van der Waals surface area contributed by atoms with Crippen molar-refractivity contribution in [1.29, 1.82) is 0 Å². The van der Waals surface area contributed by atoms with Crippen LogP contribution in [0.5, 0.6) is 0 Å². The highest BCUT2D eigenvalue weighted by molar-refractivity contribution is 9.10. The van der Waals surface area contributed by atoms with Crippen molar-refractivity contribution < 1.29 is 13.2 Å². The van der Waals surface area contributed by atoms with Gasteiger partial charge in [0.2, 0.25) is 0 Å². The maximum Gasteiger partial charge on any atom is 0.148 e. The van der Waals surface area contributed by atoms with Gasteiger partial charge in [0.25, 0.3) is 0 Å². The van der Waals surface area contributed by atoms with Gasteiger partial charge in [-0.05, 0) is 42.2 Å². The van der Waals surface area contributed by atoms with E-state index >= 15 is 0 Å². The number of nitrogens with one attached hydrogen (secondary N) is 1. The van der Waals surface area contributed by atoms with Crippen LogP contribution < -0.4 is 5.32 Å². The minimum Gasteiger partial charge on any atom is -0.307 e. The first-order valence-corrected chi connectivity index (χ1v) is 5.83. The molecule has 1 saturated heterocycles. The van der Waals surface area contributed by atoms with E-state index in [1.54, 1.807) is 6.92 Å². The summed E-state index contributed by atoms with van der Waals surface area (Å²) in [6.45, 7) is 2.44. The molecule has 1 heterocycles. The Labute approximate surface area is 100 Å². The largest absolute Gasteiger partial charge is 0.307 e. The topological polar surface area (TPSA) is 12.0 Å². The fraction of sp³-hybridized carbons (Fsp3) is 0.455. The molecule has 1 unspecified atom stereocenters. The lowest BCUT2D eigenvalue weighted by Gasteiger charge is -2.26. The Balaban J connectivity index is 2.60. The van der Waals surface area contributed by atoms with E-state index in [1.807, 2.05) is 0 Å². The normalized spacial score (nSPS) is 25.1. The Hall–Kier alpha value is -0.550. The molecular formula is C11H11BrF3N. The van der Waals surface area contributed by atoms with Gasteiger partial charge < -0.3 is 5.32 Å². The molecular weight excluding hydrogens is 283 g/mol. The summed E-state index contributed by atoms with van der Waals surface area (Å²) in [5.41, 5.74) is -0.831. The van der Waals surface area contributed by atoms with Crippen LogP contribution in [0.2, 0.25) is 0 Å². The van der Waals surface area contributed by atoms with Crippen LogP contribution in [-0.4, -0.2) is 6.54 Å². The van der Waals surface area contributed by atoms with Crippen molar-refractivity contribution in [3.05, 3.63) is 33.6 Å². The molecule has 2 rings (SSSR count). The quantitative estimate of drug-likeness (QED) is 0.618. The van der Waals surface area contributed by atoms with Crippen LogP contribution >= 0.6 is 15.9 Å². The third-order valence-corrected chi connectivity index (χ3v) is 3.76.